The summed E-state index contributed by atoms with van der Waals surface area (Å²) < 4.78 is 0. The number of phenols is 2. The molecule has 0 aliphatic rings. The third-order valence-corrected chi connectivity index (χ3v) is 2.38. The molecule has 98 valence electrons. The van der Waals surface area contributed by atoms with Crippen LogP contribution < -0.4 is 0 Å². The molecule has 0 spiro atoms. The Morgan fingerprint density at radius 1 is 0.842 bits per heavy atom. The Kier molecular flexibility index (Phi) is 5.29. The van der Waals surface area contributed by atoms with Gasteiger partial charge in [0.2, 0.25) is 0 Å². The van der Waals surface area contributed by atoms with Crippen molar-refractivity contribution in [1.82, 2.24) is 0 Å². The van der Waals surface area contributed by atoms with E-state index in [0.717, 1.165) is 5.56 Å². The van der Waals surface area contributed by atoms with E-state index >= 15 is 0 Å². The minimum Gasteiger partial charge on any atom is -0.507 e. The van der Waals surface area contributed by atoms with Crippen molar-refractivity contribution in [2.24, 2.45) is 0 Å². The average Bonchev–Trinajstić information content (AvgIpc) is 2.40. The molecule has 0 aliphatic heterocycles. The van der Waals surface area contributed by atoms with E-state index in [2.05, 4.69) is 0 Å². The van der Waals surface area contributed by atoms with Gasteiger partial charge in [0.25, 0.3) is 0 Å². The fourth-order valence-corrected chi connectivity index (χ4v) is 1.34. The lowest BCUT2D eigenvalue weighted by Crippen LogP contribution is -1.80. The molecule has 0 aromatic heterocycles. The number of carbonyl (C=O) groups is 2. The van der Waals surface area contributed by atoms with Crippen molar-refractivity contribution in [1.29, 1.82) is 0 Å². The van der Waals surface area contributed by atoms with Crippen LogP contribution in [-0.4, -0.2) is 22.8 Å². The first-order valence-electron chi connectivity index (χ1n) is 5.56. The second kappa shape index (κ2) is 6.96. The third kappa shape index (κ3) is 4.27. The Morgan fingerprint density at radius 2 is 1.42 bits per heavy atom. The molecule has 19 heavy (non-hydrogen) atoms. The Balaban J connectivity index is 0.000000191. The fourth-order valence-electron chi connectivity index (χ4n) is 1.34. The Morgan fingerprint density at radius 3 is 1.89 bits per heavy atom. The number of hydrogen-bond donors (Lipinski definition) is 2. The first kappa shape index (κ1) is 14.4. The maximum absolute atomic E-state index is 10.2. The van der Waals surface area contributed by atoms with Crippen molar-refractivity contribution in [3.8, 4) is 11.5 Å². The number of carbonyl (C=O) groups excluding carboxylic acids is 2. The van der Waals surface area contributed by atoms with Crippen molar-refractivity contribution in [3.63, 3.8) is 0 Å². The van der Waals surface area contributed by atoms with Crippen molar-refractivity contribution in [2.75, 3.05) is 0 Å². The van der Waals surface area contributed by atoms with E-state index in [4.69, 9.17) is 10.2 Å². The zero-order valence-corrected chi connectivity index (χ0v) is 10.4. The molecule has 0 radical (unpaired) electrons. The minimum atomic E-state index is 0.0347. The second-order valence-electron chi connectivity index (χ2n) is 3.86. The van der Waals surface area contributed by atoms with Crippen LogP contribution in [0, 0.1) is 6.92 Å². The highest BCUT2D eigenvalue weighted by Gasteiger charge is 1.96. The summed E-state index contributed by atoms with van der Waals surface area (Å²) in [5.74, 6) is 0.0856. The van der Waals surface area contributed by atoms with Gasteiger partial charge >= 0.3 is 0 Å². The Bertz CT molecular complexity index is 576. The van der Waals surface area contributed by atoms with Gasteiger partial charge in [0, 0.05) is 0 Å². The van der Waals surface area contributed by atoms with Crippen LogP contribution in [0.5, 0.6) is 11.5 Å². The first-order chi connectivity index (χ1) is 9.08. The van der Waals surface area contributed by atoms with Crippen molar-refractivity contribution in [2.45, 2.75) is 6.92 Å². The van der Waals surface area contributed by atoms with Crippen LogP contribution in [0.15, 0.2) is 42.5 Å². The predicted octanol–water partition coefficient (Wildman–Crippen LogP) is 2.72. The molecule has 4 nitrogen and oxygen atoms in total. The number of para-hydroxylation sites is 1. The summed E-state index contributed by atoms with van der Waals surface area (Å²) in [4.78, 5) is 20.2. The molecule has 4 heteroatoms. The van der Waals surface area contributed by atoms with E-state index < -0.39 is 0 Å². The summed E-state index contributed by atoms with van der Waals surface area (Å²) >= 11 is 0. The first-order valence-corrected chi connectivity index (χ1v) is 5.56. The molecule has 0 saturated carbocycles. The van der Waals surface area contributed by atoms with Crippen LogP contribution in [0.3, 0.4) is 0 Å². The smallest absolute Gasteiger partial charge is 0.153 e. The Hall–Kier alpha value is -2.62. The molecule has 2 rings (SSSR count). The second-order valence-corrected chi connectivity index (χ2v) is 3.86. The molecular weight excluding hydrogens is 244 g/mol. The number of phenolic OH excluding ortho intramolecular Hbond substituents is 2. The zero-order chi connectivity index (χ0) is 14.3. The van der Waals surface area contributed by atoms with Crippen LogP contribution in [0.1, 0.15) is 26.3 Å². The van der Waals surface area contributed by atoms with Gasteiger partial charge in [-0.05, 0) is 36.8 Å². The lowest BCUT2D eigenvalue weighted by Gasteiger charge is -1.96. The minimum absolute atomic E-state index is 0.0347. The summed E-state index contributed by atoms with van der Waals surface area (Å²) in [6, 6.07) is 11.3. The number of hydrogen-bond acceptors (Lipinski definition) is 4. The third-order valence-electron chi connectivity index (χ3n) is 2.38. The van der Waals surface area contributed by atoms with Gasteiger partial charge < -0.3 is 10.2 Å². The van der Waals surface area contributed by atoms with Crippen molar-refractivity contribution >= 4 is 12.6 Å². The lowest BCUT2D eigenvalue weighted by molar-refractivity contribution is 0.111. The molecule has 0 unspecified atom stereocenters. The van der Waals surface area contributed by atoms with E-state index in [1.54, 1.807) is 36.4 Å². The van der Waals surface area contributed by atoms with Crippen LogP contribution in [0.2, 0.25) is 0 Å². The normalized spacial score (nSPS) is 9.11. The molecule has 2 N–H and O–H groups in total. The molecule has 2 aromatic rings. The summed E-state index contributed by atoms with van der Waals surface area (Å²) in [6.07, 6.45) is 1.25. The van der Waals surface area contributed by atoms with Gasteiger partial charge in [0.1, 0.15) is 11.5 Å². The van der Waals surface area contributed by atoms with E-state index in [-0.39, 0.29) is 11.5 Å². The number of aryl methyl sites for hydroxylation is 1. The summed E-state index contributed by atoms with van der Waals surface area (Å²) in [5.41, 5.74) is 1.62. The molecule has 0 bridgehead atoms. The lowest BCUT2D eigenvalue weighted by atomic mass is 10.1. The summed E-state index contributed by atoms with van der Waals surface area (Å²) in [6.45, 7) is 1.86. The van der Waals surface area contributed by atoms with Gasteiger partial charge in [-0.25, -0.2) is 0 Å². The SMILES string of the molecule is Cc1ccc(C=O)c(O)c1.O=Cc1ccccc1O. The standard InChI is InChI=1S/C8H8O2.C7H6O2/c1-6-2-3-7(5-9)8(10)4-6;8-5-6-3-1-2-4-7(6)9/h2-5,10H,1H3;1-5,9H. The molecule has 0 amide bonds. The molecule has 0 aliphatic carbocycles. The number of benzene rings is 2. The van der Waals surface area contributed by atoms with Crippen molar-refractivity contribution in [3.05, 3.63) is 59.2 Å². The zero-order valence-electron chi connectivity index (χ0n) is 10.4. The largest absolute Gasteiger partial charge is 0.507 e. The van der Waals surface area contributed by atoms with Crippen LogP contribution in [-0.2, 0) is 0 Å². The molecule has 2 aromatic carbocycles. The molecule has 0 atom stereocenters. The van der Waals surface area contributed by atoms with Gasteiger partial charge in [-0.15, -0.1) is 0 Å². The average molecular weight is 258 g/mol. The monoisotopic (exact) mass is 258 g/mol. The molecule has 0 saturated heterocycles. The topological polar surface area (TPSA) is 74.6 Å². The van der Waals surface area contributed by atoms with Gasteiger partial charge in [-0.3, -0.25) is 9.59 Å². The van der Waals surface area contributed by atoms with E-state index in [0.29, 0.717) is 23.7 Å². The van der Waals surface area contributed by atoms with Gasteiger partial charge in [0.05, 0.1) is 11.1 Å². The fraction of sp³-hybridized carbons (Fsp3) is 0.0667. The highest BCUT2D eigenvalue weighted by atomic mass is 16.3. The quantitative estimate of drug-likeness (QED) is 0.812. The van der Waals surface area contributed by atoms with Gasteiger partial charge in [-0.1, -0.05) is 18.2 Å². The van der Waals surface area contributed by atoms with Crippen LogP contribution >= 0.6 is 0 Å². The predicted molar refractivity (Wildman–Crippen MR) is 71.7 cm³/mol. The number of aromatic hydroxyl groups is 2. The van der Waals surface area contributed by atoms with Crippen LogP contribution in [0.4, 0.5) is 0 Å². The van der Waals surface area contributed by atoms with Crippen molar-refractivity contribution < 1.29 is 19.8 Å². The summed E-state index contributed by atoms with van der Waals surface area (Å²) in [7, 11) is 0. The maximum atomic E-state index is 10.2. The summed E-state index contributed by atoms with van der Waals surface area (Å²) in [5, 5.41) is 17.9. The van der Waals surface area contributed by atoms with E-state index in [1.165, 1.54) is 6.07 Å². The number of aldehydes is 2. The highest BCUT2D eigenvalue weighted by Crippen LogP contribution is 2.15. The number of rotatable bonds is 2. The van der Waals surface area contributed by atoms with Gasteiger partial charge in [-0.2, -0.15) is 0 Å². The maximum Gasteiger partial charge on any atom is 0.153 e. The van der Waals surface area contributed by atoms with Crippen LogP contribution in [0.25, 0.3) is 0 Å². The van der Waals surface area contributed by atoms with Gasteiger partial charge in [0.15, 0.2) is 12.6 Å². The molecule has 0 heterocycles. The molecule has 0 fully saturated rings. The highest BCUT2D eigenvalue weighted by molar-refractivity contribution is 5.79. The van der Waals surface area contributed by atoms with E-state index in [1.807, 2.05) is 6.92 Å². The van der Waals surface area contributed by atoms with E-state index in [9.17, 15) is 9.59 Å². The molecular formula is C15H14O4. The Labute approximate surface area is 111 Å².